The Morgan fingerprint density at radius 3 is 2.33 bits per heavy atom. The summed E-state index contributed by atoms with van der Waals surface area (Å²) in [5, 5.41) is -0.840. The Labute approximate surface area is 108 Å². The molecule has 6 heteroatoms. The number of hydrogen-bond donors (Lipinski definition) is 0. The van der Waals surface area contributed by atoms with Crippen molar-refractivity contribution >= 4 is 15.7 Å². The number of nitrogens with zero attached hydrogens (tertiary/aromatic N) is 1. The number of carbonyl (C=O) groups is 1. The highest BCUT2D eigenvalue weighted by molar-refractivity contribution is 7.92. The lowest BCUT2D eigenvalue weighted by Gasteiger charge is -2.52. The Hall–Kier alpha value is -0.880. The Bertz CT molecular complexity index is 527. The zero-order chi connectivity index (χ0) is 13.9. The second-order valence-corrected chi connectivity index (χ2v) is 8.04. The molecule has 0 spiro atoms. The van der Waals surface area contributed by atoms with Gasteiger partial charge in [0.15, 0.2) is 21.3 Å². The van der Waals surface area contributed by atoms with Gasteiger partial charge in [-0.1, -0.05) is 20.8 Å². The number of ether oxygens (including phenoxy) is 1. The molecule has 1 fully saturated rings. The minimum Gasteiger partial charge on any atom is -0.368 e. The molecule has 0 bridgehead atoms. The summed E-state index contributed by atoms with van der Waals surface area (Å²) >= 11 is 0. The van der Waals surface area contributed by atoms with Crippen molar-refractivity contribution in [2.75, 3.05) is 12.9 Å². The molecule has 1 amide bonds. The molecule has 0 saturated carbocycles. The Morgan fingerprint density at radius 1 is 1.33 bits per heavy atom. The third-order valence-electron chi connectivity index (χ3n) is 3.39. The lowest BCUT2D eigenvalue weighted by Crippen LogP contribution is -2.70. The van der Waals surface area contributed by atoms with Crippen LogP contribution in [0.1, 0.15) is 27.7 Å². The third kappa shape index (κ3) is 1.70. The summed E-state index contributed by atoms with van der Waals surface area (Å²) in [4.78, 5) is 13.4. The van der Waals surface area contributed by atoms with Crippen LogP contribution in [0.4, 0.5) is 0 Å². The highest BCUT2D eigenvalue weighted by atomic mass is 32.2. The summed E-state index contributed by atoms with van der Waals surface area (Å²) in [7, 11) is -1.97. The normalized spacial score (nSPS) is 31.2. The van der Waals surface area contributed by atoms with E-state index in [9.17, 15) is 13.2 Å². The molecule has 0 N–H and O–H groups in total. The van der Waals surface area contributed by atoms with Gasteiger partial charge in [0, 0.05) is 18.2 Å². The van der Waals surface area contributed by atoms with E-state index in [4.69, 9.17) is 4.74 Å². The number of sulfone groups is 1. The van der Waals surface area contributed by atoms with Crippen LogP contribution in [0.3, 0.4) is 0 Å². The van der Waals surface area contributed by atoms with Crippen molar-refractivity contribution in [3.8, 4) is 0 Å². The largest absolute Gasteiger partial charge is 0.368 e. The molecule has 0 aromatic heterocycles. The van der Waals surface area contributed by atoms with Crippen LogP contribution in [0.15, 0.2) is 11.3 Å². The first-order valence-electron chi connectivity index (χ1n) is 5.89. The van der Waals surface area contributed by atoms with E-state index in [-0.39, 0.29) is 17.1 Å². The minimum atomic E-state index is -3.34. The maximum absolute atomic E-state index is 12.1. The molecule has 0 aliphatic carbocycles. The number of allylic oxidation sites excluding steroid dienone is 1. The number of β-lactam (4-membered cyclic amide) rings is 1. The van der Waals surface area contributed by atoms with E-state index in [1.165, 1.54) is 12.0 Å². The average molecular weight is 273 g/mol. The summed E-state index contributed by atoms with van der Waals surface area (Å²) in [6, 6.07) is 0. The number of carbonyl (C=O) groups excluding carboxylic acids is 1. The smallest absolute Gasteiger partial charge is 0.260 e. The number of methoxy groups -OCH3 is 1. The number of rotatable bonds is 1. The van der Waals surface area contributed by atoms with Crippen LogP contribution < -0.4 is 0 Å². The fourth-order valence-corrected chi connectivity index (χ4v) is 4.95. The molecule has 2 aliphatic heterocycles. The first kappa shape index (κ1) is 13.5. The predicted octanol–water partition coefficient (Wildman–Crippen LogP) is 0.918. The molecule has 2 aliphatic rings. The quantitative estimate of drug-likeness (QED) is 0.666. The van der Waals surface area contributed by atoms with E-state index in [0.717, 1.165) is 11.3 Å². The number of amides is 1. The van der Waals surface area contributed by atoms with Crippen molar-refractivity contribution in [2.45, 2.75) is 39.2 Å². The number of fused-ring (bicyclic) bond motifs is 1. The first-order chi connectivity index (χ1) is 8.11. The second-order valence-electron chi connectivity index (χ2n) is 5.94. The van der Waals surface area contributed by atoms with Gasteiger partial charge in [0.1, 0.15) is 0 Å². The monoisotopic (exact) mass is 273 g/mol. The molecule has 102 valence electrons. The van der Waals surface area contributed by atoms with Crippen LogP contribution in [0.25, 0.3) is 0 Å². The van der Waals surface area contributed by atoms with Gasteiger partial charge < -0.3 is 4.74 Å². The van der Waals surface area contributed by atoms with Crippen molar-refractivity contribution < 1.29 is 17.9 Å². The van der Waals surface area contributed by atoms with E-state index < -0.39 is 21.3 Å². The van der Waals surface area contributed by atoms with Gasteiger partial charge in [-0.25, -0.2) is 8.42 Å². The standard InChI is InChI=1S/C12H19NO4S/c1-7-6-18(15,16)11-8(17-5)10(14)13(11)9(7)12(2,3)4/h8,11H,6H2,1-5H3/t8-,11-/m0/s1. The molecule has 0 unspecified atom stereocenters. The fraction of sp³-hybridized carbons (Fsp3) is 0.750. The minimum absolute atomic E-state index is 0.00785. The van der Waals surface area contributed by atoms with Crippen LogP contribution in [0.2, 0.25) is 0 Å². The molecule has 18 heavy (non-hydrogen) atoms. The maximum atomic E-state index is 12.1. The van der Waals surface area contributed by atoms with E-state index in [1.54, 1.807) is 6.92 Å². The summed E-state index contributed by atoms with van der Waals surface area (Å²) < 4.78 is 29.3. The predicted molar refractivity (Wildman–Crippen MR) is 67.4 cm³/mol. The summed E-state index contributed by atoms with van der Waals surface area (Å²) in [6.07, 6.45) is -0.847. The zero-order valence-corrected chi connectivity index (χ0v) is 12.2. The highest BCUT2D eigenvalue weighted by Crippen LogP contribution is 2.44. The van der Waals surface area contributed by atoms with Crippen molar-refractivity contribution in [1.29, 1.82) is 0 Å². The van der Waals surface area contributed by atoms with Gasteiger partial charge in [0.2, 0.25) is 0 Å². The van der Waals surface area contributed by atoms with Crippen LogP contribution in [0, 0.1) is 5.41 Å². The summed E-state index contributed by atoms with van der Waals surface area (Å²) in [6.45, 7) is 7.72. The van der Waals surface area contributed by atoms with Gasteiger partial charge in [-0.15, -0.1) is 0 Å². The van der Waals surface area contributed by atoms with Crippen LogP contribution in [0.5, 0.6) is 0 Å². The SMILES string of the molecule is CO[C@H]1C(=O)N2C(C(C)(C)C)=C(C)CS(=O)(=O)[C@@H]12. The van der Waals surface area contributed by atoms with Crippen molar-refractivity contribution in [2.24, 2.45) is 5.41 Å². The molecule has 2 rings (SSSR count). The fourth-order valence-electron chi connectivity index (χ4n) is 2.90. The topological polar surface area (TPSA) is 63.7 Å². The van der Waals surface area contributed by atoms with Gasteiger partial charge in [-0.3, -0.25) is 9.69 Å². The molecule has 2 heterocycles. The van der Waals surface area contributed by atoms with E-state index in [1.807, 2.05) is 20.8 Å². The Balaban J connectivity index is 2.56. The number of hydrogen-bond acceptors (Lipinski definition) is 4. The van der Waals surface area contributed by atoms with Crippen molar-refractivity contribution in [3.05, 3.63) is 11.3 Å². The summed E-state index contributed by atoms with van der Waals surface area (Å²) in [5.41, 5.74) is 1.31. The molecule has 2 atom stereocenters. The van der Waals surface area contributed by atoms with Gasteiger partial charge in [-0.2, -0.15) is 0 Å². The molecule has 1 saturated heterocycles. The van der Waals surface area contributed by atoms with E-state index in [0.29, 0.717) is 0 Å². The van der Waals surface area contributed by atoms with Crippen molar-refractivity contribution in [1.82, 2.24) is 4.90 Å². The first-order valence-corrected chi connectivity index (χ1v) is 7.60. The average Bonchev–Trinajstić information content (AvgIpc) is 2.17. The van der Waals surface area contributed by atoms with Crippen molar-refractivity contribution in [3.63, 3.8) is 0 Å². The van der Waals surface area contributed by atoms with Crippen LogP contribution in [-0.2, 0) is 19.4 Å². The highest BCUT2D eigenvalue weighted by Gasteiger charge is 2.59. The molecule has 0 radical (unpaired) electrons. The van der Waals surface area contributed by atoms with Gasteiger partial charge in [0.25, 0.3) is 5.91 Å². The van der Waals surface area contributed by atoms with Gasteiger partial charge in [-0.05, 0) is 12.5 Å². The lowest BCUT2D eigenvalue weighted by molar-refractivity contribution is -0.160. The molecule has 5 nitrogen and oxygen atoms in total. The lowest BCUT2D eigenvalue weighted by atomic mass is 9.86. The Kier molecular flexibility index (Phi) is 2.86. The zero-order valence-electron chi connectivity index (χ0n) is 11.4. The van der Waals surface area contributed by atoms with Gasteiger partial charge in [0.05, 0.1) is 5.75 Å². The van der Waals surface area contributed by atoms with Gasteiger partial charge >= 0.3 is 0 Å². The summed E-state index contributed by atoms with van der Waals surface area (Å²) in [5.74, 6) is -0.247. The van der Waals surface area contributed by atoms with E-state index in [2.05, 4.69) is 0 Å². The Morgan fingerprint density at radius 2 is 1.89 bits per heavy atom. The second kappa shape index (κ2) is 3.81. The molecular weight excluding hydrogens is 254 g/mol. The van der Waals surface area contributed by atoms with E-state index >= 15 is 0 Å². The maximum Gasteiger partial charge on any atom is 0.260 e. The molecule has 0 aromatic carbocycles. The van der Waals surface area contributed by atoms with Crippen LogP contribution >= 0.6 is 0 Å². The molecule has 0 aromatic rings. The van der Waals surface area contributed by atoms with Crippen LogP contribution in [-0.4, -0.2) is 43.6 Å². The molecular formula is C12H19NO4S. The third-order valence-corrected chi connectivity index (χ3v) is 5.42.